The molecule has 0 amide bonds. The number of allylic oxidation sites excluding steroid dienone is 2. The van der Waals surface area contributed by atoms with Crippen LogP contribution in [0, 0.1) is 5.82 Å². The molecule has 37 heavy (non-hydrogen) atoms. The van der Waals surface area contributed by atoms with E-state index < -0.39 is 37.0 Å². The molecule has 2 N–H and O–H groups in total. The number of sulfone groups is 1. The highest BCUT2D eigenvalue weighted by atomic mass is 35.5. The molecular formula is C26H23Cl2FN2O5S. The highest BCUT2D eigenvalue weighted by Crippen LogP contribution is 2.50. The summed E-state index contributed by atoms with van der Waals surface area (Å²) in [6, 6.07) is 12.5. The molecule has 2 unspecified atom stereocenters. The average molecular weight is 565 g/mol. The van der Waals surface area contributed by atoms with E-state index in [1.807, 2.05) is 0 Å². The number of benzene rings is 2. The zero-order valence-electron chi connectivity index (χ0n) is 20.0. The summed E-state index contributed by atoms with van der Waals surface area (Å²) < 4.78 is 40.1. The van der Waals surface area contributed by atoms with E-state index in [4.69, 9.17) is 23.2 Å². The monoisotopic (exact) mass is 564 g/mol. The number of alkyl halides is 1. The maximum atomic E-state index is 15.1. The maximum Gasteiger partial charge on any atom is 0.337 e. The van der Waals surface area contributed by atoms with Crippen molar-refractivity contribution >= 4 is 44.6 Å². The number of aliphatic hydroxyl groups is 1. The van der Waals surface area contributed by atoms with Gasteiger partial charge in [0.25, 0.3) is 0 Å². The lowest BCUT2D eigenvalue weighted by Gasteiger charge is -2.42. The van der Waals surface area contributed by atoms with Crippen molar-refractivity contribution < 1.29 is 27.8 Å². The zero-order chi connectivity index (χ0) is 27.4. The van der Waals surface area contributed by atoms with Gasteiger partial charge in [-0.3, -0.25) is 0 Å². The zero-order valence-corrected chi connectivity index (χ0v) is 22.3. The first-order chi connectivity index (χ1) is 17.1. The lowest BCUT2D eigenvalue weighted by Crippen LogP contribution is -2.60. The van der Waals surface area contributed by atoms with Crippen LogP contribution < -0.4 is 0 Å². The number of carboxylic acid groups (broad SMARTS) is 1. The van der Waals surface area contributed by atoms with Gasteiger partial charge < -0.3 is 14.8 Å². The van der Waals surface area contributed by atoms with Crippen molar-refractivity contribution in [2.75, 3.05) is 6.26 Å². The lowest BCUT2D eigenvalue weighted by molar-refractivity contribution is -0.145. The Kier molecular flexibility index (Phi) is 6.65. The van der Waals surface area contributed by atoms with Crippen LogP contribution in [0.1, 0.15) is 25.1 Å². The molecule has 1 aromatic heterocycles. The van der Waals surface area contributed by atoms with Crippen molar-refractivity contribution in [1.82, 2.24) is 9.55 Å². The molecule has 0 bridgehead atoms. The topological polar surface area (TPSA) is 109 Å². The SMILES string of the molecule is CC(C)(O)c1cn(C2(C(=O)O)C=CC(c3ccccc3)=CC2(Cl)S(C)(=O)=O)c(-c2c(F)cccc2Cl)n1. The standard InChI is InChI=1S/C26H23Cl2FN2O5S/c1-24(2,34)20-15-31(22(30-20)21-18(27)10-7-11-19(21)29)25(23(32)33)13-12-17(16-8-5-4-6-9-16)14-26(25,28)37(3,35)36/h4-15,34H,1-3H3,(H,32,33). The van der Waals surface area contributed by atoms with E-state index in [2.05, 4.69) is 4.98 Å². The molecule has 1 aliphatic carbocycles. The van der Waals surface area contributed by atoms with Crippen LogP contribution in [0.5, 0.6) is 0 Å². The van der Waals surface area contributed by atoms with Gasteiger partial charge >= 0.3 is 5.97 Å². The van der Waals surface area contributed by atoms with Crippen molar-refractivity contribution in [3.63, 3.8) is 0 Å². The summed E-state index contributed by atoms with van der Waals surface area (Å²) >= 11 is 13.2. The first-order valence-electron chi connectivity index (χ1n) is 11.0. The van der Waals surface area contributed by atoms with Gasteiger partial charge in [0.2, 0.25) is 4.21 Å². The van der Waals surface area contributed by atoms with Crippen LogP contribution in [0.15, 0.2) is 73.0 Å². The number of imidazole rings is 1. The van der Waals surface area contributed by atoms with Crippen LogP contribution in [-0.2, 0) is 25.8 Å². The van der Waals surface area contributed by atoms with Crippen LogP contribution >= 0.6 is 23.2 Å². The third-order valence-corrected chi connectivity index (χ3v) is 9.30. The van der Waals surface area contributed by atoms with Gasteiger partial charge in [-0.1, -0.05) is 65.7 Å². The fourth-order valence-electron chi connectivity index (χ4n) is 4.28. The van der Waals surface area contributed by atoms with Crippen LogP contribution in [0.25, 0.3) is 17.0 Å². The van der Waals surface area contributed by atoms with Gasteiger partial charge in [-0.05, 0) is 49.3 Å². The van der Waals surface area contributed by atoms with E-state index in [1.165, 1.54) is 32.1 Å². The average Bonchev–Trinajstić information content (AvgIpc) is 3.24. The van der Waals surface area contributed by atoms with E-state index >= 15 is 4.39 Å². The van der Waals surface area contributed by atoms with Crippen LogP contribution in [0.4, 0.5) is 4.39 Å². The molecule has 0 spiro atoms. The summed E-state index contributed by atoms with van der Waals surface area (Å²) in [6.45, 7) is 2.79. The fourth-order valence-corrected chi connectivity index (χ4v) is 6.04. The molecule has 0 aliphatic heterocycles. The minimum Gasteiger partial charge on any atom is -0.479 e. The molecule has 4 rings (SSSR count). The third-order valence-electron chi connectivity index (χ3n) is 6.24. The van der Waals surface area contributed by atoms with Gasteiger partial charge in [0.15, 0.2) is 15.4 Å². The van der Waals surface area contributed by atoms with Gasteiger partial charge in [0.05, 0.1) is 16.3 Å². The van der Waals surface area contributed by atoms with E-state index in [9.17, 15) is 23.4 Å². The van der Waals surface area contributed by atoms with Gasteiger partial charge in [0, 0.05) is 12.5 Å². The Hall–Kier alpha value is -2.98. The summed E-state index contributed by atoms with van der Waals surface area (Å²) in [5.74, 6) is -2.81. The summed E-state index contributed by atoms with van der Waals surface area (Å²) in [7, 11) is -4.39. The predicted octanol–water partition coefficient (Wildman–Crippen LogP) is 4.98. The fraction of sp³-hybridized carbons (Fsp3) is 0.231. The van der Waals surface area contributed by atoms with Gasteiger partial charge in [-0.15, -0.1) is 0 Å². The molecule has 1 heterocycles. The van der Waals surface area contributed by atoms with Gasteiger partial charge in [0.1, 0.15) is 17.2 Å². The third kappa shape index (κ3) is 4.29. The molecule has 3 aromatic rings. The molecule has 194 valence electrons. The molecule has 2 aromatic carbocycles. The second-order valence-corrected chi connectivity index (χ2v) is 12.7. The number of carbonyl (C=O) groups is 1. The number of hydrogen-bond acceptors (Lipinski definition) is 5. The van der Waals surface area contributed by atoms with E-state index in [1.54, 1.807) is 30.3 Å². The summed E-state index contributed by atoms with van der Waals surface area (Å²) in [4.78, 5) is 17.4. The quantitative estimate of drug-likeness (QED) is 0.408. The van der Waals surface area contributed by atoms with Crippen molar-refractivity contribution in [2.45, 2.75) is 29.2 Å². The summed E-state index contributed by atoms with van der Waals surface area (Å²) in [6.07, 6.45) is 5.70. The molecule has 0 fully saturated rings. The minimum absolute atomic E-state index is 0.0544. The summed E-state index contributed by atoms with van der Waals surface area (Å²) in [5.41, 5.74) is -3.53. The highest BCUT2D eigenvalue weighted by molar-refractivity contribution is 7.93. The molecule has 11 heteroatoms. The predicted molar refractivity (Wildman–Crippen MR) is 140 cm³/mol. The van der Waals surface area contributed by atoms with E-state index in [0.717, 1.165) is 35.2 Å². The Morgan fingerprint density at radius 2 is 1.78 bits per heavy atom. The van der Waals surface area contributed by atoms with Crippen LogP contribution in [0.3, 0.4) is 0 Å². The molecule has 2 atom stereocenters. The molecule has 0 radical (unpaired) electrons. The maximum absolute atomic E-state index is 15.1. The van der Waals surface area contributed by atoms with Gasteiger partial charge in [-0.25, -0.2) is 22.6 Å². The van der Waals surface area contributed by atoms with Crippen molar-refractivity contribution in [1.29, 1.82) is 0 Å². The Labute approximate surface area is 223 Å². The minimum atomic E-state index is -4.39. The number of aliphatic carboxylic acids is 1. The van der Waals surface area contributed by atoms with E-state index in [-0.39, 0.29) is 22.1 Å². The molecule has 1 aliphatic rings. The smallest absolute Gasteiger partial charge is 0.337 e. The lowest BCUT2D eigenvalue weighted by atomic mass is 9.84. The van der Waals surface area contributed by atoms with Crippen molar-refractivity contribution in [2.24, 2.45) is 0 Å². The number of carboxylic acids is 1. The number of aromatic nitrogens is 2. The number of halogens is 3. The largest absolute Gasteiger partial charge is 0.479 e. The Balaban J connectivity index is 2.14. The number of hydrogen-bond donors (Lipinski definition) is 2. The van der Waals surface area contributed by atoms with E-state index in [0.29, 0.717) is 11.1 Å². The summed E-state index contributed by atoms with van der Waals surface area (Å²) in [5, 5.41) is 21.2. The molecule has 0 saturated heterocycles. The van der Waals surface area contributed by atoms with Crippen LogP contribution in [0.2, 0.25) is 5.02 Å². The first kappa shape index (κ1) is 27.1. The highest BCUT2D eigenvalue weighted by Gasteiger charge is 2.63. The van der Waals surface area contributed by atoms with Crippen molar-refractivity contribution in [3.8, 4) is 11.4 Å². The second-order valence-electron chi connectivity index (χ2n) is 9.26. The second kappa shape index (κ2) is 9.09. The first-order valence-corrected chi connectivity index (χ1v) is 13.6. The Bertz CT molecular complexity index is 1540. The van der Waals surface area contributed by atoms with Gasteiger partial charge in [-0.2, -0.15) is 0 Å². The molecule has 0 saturated carbocycles. The molecule has 7 nitrogen and oxygen atoms in total. The molecular weight excluding hydrogens is 542 g/mol. The van der Waals surface area contributed by atoms with Crippen LogP contribution in [-0.4, -0.2) is 44.6 Å². The number of rotatable bonds is 6. The van der Waals surface area contributed by atoms with Crippen molar-refractivity contribution in [3.05, 3.63) is 95.1 Å². The normalized spacial score (nSPS) is 22.1. The Morgan fingerprint density at radius 1 is 1.14 bits per heavy atom. The Morgan fingerprint density at radius 3 is 2.32 bits per heavy atom. The number of nitrogens with zero attached hydrogens (tertiary/aromatic N) is 2.